The summed E-state index contributed by atoms with van der Waals surface area (Å²) in [7, 11) is 2.94. The van der Waals surface area contributed by atoms with E-state index in [1.165, 1.54) is 18.9 Å². The van der Waals surface area contributed by atoms with Crippen molar-refractivity contribution in [3.8, 4) is 11.4 Å². The number of ether oxygens (including phenoxy) is 2. The highest BCUT2D eigenvalue weighted by Gasteiger charge is 2.28. The number of carbonyl (C=O) groups excluding carboxylic acids is 1. The van der Waals surface area contributed by atoms with Gasteiger partial charge < -0.3 is 9.47 Å². The molecule has 0 aliphatic carbocycles. The second-order valence-corrected chi connectivity index (χ2v) is 8.68. The van der Waals surface area contributed by atoms with Crippen LogP contribution in [0.4, 0.5) is 0 Å². The number of hydrogen-bond donors (Lipinski definition) is 0. The van der Waals surface area contributed by atoms with Gasteiger partial charge in [-0.1, -0.05) is 18.7 Å². The maximum Gasteiger partial charge on any atom is 0.318 e. The molecule has 2 unspecified atom stereocenters. The number of methoxy groups -OCH3 is 2. The van der Waals surface area contributed by atoms with E-state index < -0.39 is 5.25 Å². The Balaban J connectivity index is 2.12. The van der Waals surface area contributed by atoms with Crippen LogP contribution in [-0.2, 0) is 16.0 Å². The second-order valence-electron chi connectivity index (χ2n) is 5.92. The third kappa shape index (κ3) is 3.61. The molecule has 0 spiro atoms. The molecule has 0 bridgehead atoms. The minimum atomic E-state index is -0.471. The summed E-state index contributed by atoms with van der Waals surface area (Å²) in [6.45, 7) is 3.82. The zero-order valence-electron chi connectivity index (χ0n) is 15.0. The number of carbonyl (C=O) groups is 1. The average Bonchev–Trinajstić information content (AvgIpc) is 3.02. The lowest BCUT2D eigenvalue weighted by atomic mass is 10.2. The minimum Gasteiger partial charge on any atom is -0.497 e. The van der Waals surface area contributed by atoms with Gasteiger partial charge >= 0.3 is 5.97 Å². The van der Waals surface area contributed by atoms with E-state index >= 15 is 0 Å². The van der Waals surface area contributed by atoms with Gasteiger partial charge in [-0.3, -0.25) is 14.2 Å². The third-order valence-corrected chi connectivity index (χ3v) is 6.27. The molecule has 0 saturated heterocycles. The molecule has 8 heteroatoms. The number of thioether (sulfide) groups is 2. The molecule has 2 heterocycles. The summed E-state index contributed by atoms with van der Waals surface area (Å²) in [5.41, 5.74) is 1.39. The van der Waals surface area contributed by atoms with Gasteiger partial charge in [0.25, 0.3) is 5.56 Å². The molecule has 6 nitrogen and oxygen atoms in total. The fourth-order valence-corrected chi connectivity index (χ4v) is 4.78. The summed E-state index contributed by atoms with van der Waals surface area (Å²) >= 11 is 2.78. The molecule has 2 atom stereocenters. The lowest BCUT2D eigenvalue weighted by molar-refractivity contribution is -0.139. The summed E-state index contributed by atoms with van der Waals surface area (Å²) in [4.78, 5) is 30.4. The molecule has 1 aromatic heterocycles. The first-order valence-corrected chi connectivity index (χ1v) is 9.92. The molecule has 0 radical (unpaired) electrons. The van der Waals surface area contributed by atoms with Gasteiger partial charge in [-0.2, -0.15) is 0 Å². The van der Waals surface area contributed by atoms with Gasteiger partial charge in [0.2, 0.25) is 0 Å². The van der Waals surface area contributed by atoms with Crippen LogP contribution >= 0.6 is 23.5 Å². The van der Waals surface area contributed by atoms with Crippen molar-refractivity contribution in [1.82, 2.24) is 9.55 Å². The van der Waals surface area contributed by atoms with Crippen molar-refractivity contribution in [3.05, 3.63) is 40.3 Å². The zero-order valence-corrected chi connectivity index (χ0v) is 16.6. The monoisotopic (exact) mass is 392 g/mol. The lowest BCUT2D eigenvalue weighted by Gasteiger charge is -2.16. The van der Waals surface area contributed by atoms with Crippen LogP contribution in [0.3, 0.4) is 0 Å². The van der Waals surface area contributed by atoms with E-state index in [4.69, 9.17) is 14.5 Å². The van der Waals surface area contributed by atoms with Crippen molar-refractivity contribution in [2.24, 2.45) is 0 Å². The topological polar surface area (TPSA) is 70.4 Å². The van der Waals surface area contributed by atoms with Gasteiger partial charge in [0, 0.05) is 11.7 Å². The van der Waals surface area contributed by atoms with Crippen molar-refractivity contribution in [3.63, 3.8) is 0 Å². The predicted molar refractivity (Wildman–Crippen MR) is 103 cm³/mol. The largest absolute Gasteiger partial charge is 0.497 e. The van der Waals surface area contributed by atoms with Crippen molar-refractivity contribution < 1.29 is 14.3 Å². The highest BCUT2D eigenvalue weighted by Crippen LogP contribution is 2.35. The SMILES string of the molecule is COC(=O)C(C)Sc1nc2c(c(=O)n1-c1ccc(OC)cc1)SC(C)C2. The Morgan fingerprint density at radius 3 is 2.65 bits per heavy atom. The Morgan fingerprint density at radius 2 is 2.04 bits per heavy atom. The number of rotatable bonds is 5. The van der Waals surface area contributed by atoms with E-state index in [1.54, 1.807) is 42.5 Å². The van der Waals surface area contributed by atoms with Gasteiger partial charge in [0.05, 0.1) is 30.5 Å². The Kier molecular flexibility index (Phi) is 5.62. The van der Waals surface area contributed by atoms with Crippen LogP contribution in [0.15, 0.2) is 39.1 Å². The van der Waals surface area contributed by atoms with Crippen LogP contribution < -0.4 is 10.3 Å². The molecule has 26 heavy (non-hydrogen) atoms. The predicted octanol–water partition coefficient (Wildman–Crippen LogP) is 2.93. The van der Waals surface area contributed by atoms with Crippen molar-refractivity contribution in [2.45, 2.75) is 40.8 Å². The number of benzene rings is 1. The van der Waals surface area contributed by atoms with E-state index in [0.717, 1.165) is 12.1 Å². The number of esters is 1. The van der Waals surface area contributed by atoms with Gasteiger partial charge in [-0.05, 0) is 31.2 Å². The Bertz CT molecular complexity index is 880. The molecule has 0 N–H and O–H groups in total. The van der Waals surface area contributed by atoms with Crippen molar-refractivity contribution in [1.29, 1.82) is 0 Å². The Hall–Kier alpha value is -1.93. The summed E-state index contributed by atoms with van der Waals surface area (Å²) in [6.07, 6.45) is 0.749. The number of hydrogen-bond acceptors (Lipinski definition) is 7. The molecule has 0 fully saturated rings. The standard InChI is InChI=1S/C18H20N2O4S2/c1-10-9-14-15(25-10)16(21)20(12-5-7-13(23-3)8-6-12)18(19-14)26-11(2)17(22)24-4/h5-8,10-11H,9H2,1-4H3. The molecule has 3 rings (SSSR count). The van der Waals surface area contributed by atoms with Gasteiger partial charge in [0.1, 0.15) is 11.0 Å². The normalized spacial score (nSPS) is 16.8. The van der Waals surface area contributed by atoms with Crippen LogP contribution in [0.1, 0.15) is 19.5 Å². The van der Waals surface area contributed by atoms with E-state index in [0.29, 0.717) is 26.7 Å². The fraction of sp³-hybridized carbons (Fsp3) is 0.389. The molecule has 1 aliphatic rings. The minimum absolute atomic E-state index is 0.103. The van der Waals surface area contributed by atoms with Crippen molar-refractivity contribution >= 4 is 29.5 Å². The van der Waals surface area contributed by atoms with Crippen LogP contribution in [0, 0.1) is 0 Å². The highest BCUT2D eigenvalue weighted by atomic mass is 32.2. The molecule has 1 aromatic carbocycles. The van der Waals surface area contributed by atoms with Crippen LogP contribution in [-0.4, -0.2) is 40.2 Å². The van der Waals surface area contributed by atoms with E-state index in [-0.39, 0.29) is 11.5 Å². The van der Waals surface area contributed by atoms with Gasteiger partial charge in [-0.25, -0.2) is 4.98 Å². The first kappa shape index (κ1) is 18.8. The first-order chi connectivity index (χ1) is 12.4. The third-order valence-electron chi connectivity index (χ3n) is 4.03. The molecule has 0 amide bonds. The Labute approximate surface area is 160 Å². The average molecular weight is 393 g/mol. The molecular weight excluding hydrogens is 372 g/mol. The van der Waals surface area contributed by atoms with Crippen molar-refractivity contribution in [2.75, 3.05) is 14.2 Å². The maximum atomic E-state index is 13.1. The number of nitrogens with zero attached hydrogens (tertiary/aromatic N) is 2. The quantitative estimate of drug-likeness (QED) is 0.440. The van der Waals surface area contributed by atoms with Crippen LogP contribution in [0.2, 0.25) is 0 Å². The van der Waals surface area contributed by atoms with Crippen LogP contribution in [0.25, 0.3) is 5.69 Å². The van der Waals surface area contributed by atoms with Gasteiger partial charge in [-0.15, -0.1) is 11.8 Å². The van der Waals surface area contributed by atoms with E-state index in [2.05, 4.69) is 6.92 Å². The molecule has 138 valence electrons. The fourth-order valence-electron chi connectivity index (χ4n) is 2.71. The van der Waals surface area contributed by atoms with E-state index in [1.807, 2.05) is 12.1 Å². The number of fused-ring (bicyclic) bond motifs is 1. The second kappa shape index (κ2) is 7.75. The zero-order chi connectivity index (χ0) is 18.8. The summed E-state index contributed by atoms with van der Waals surface area (Å²) < 4.78 is 11.6. The first-order valence-electron chi connectivity index (χ1n) is 8.16. The Morgan fingerprint density at radius 1 is 1.35 bits per heavy atom. The van der Waals surface area contributed by atoms with Crippen LogP contribution in [0.5, 0.6) is 5.75 Å². The number of aromatic nitrogens is 2. The molecule has 2 aromatic rings. The van der Waals surface area contributed by atoms with Gasteiger partial charge in [0.15, 0.2) is 5.16 Å². The molecular formula is C18H20N2O4S2. The highest BCUT2D eigenvalue weighted by molar-refractivity contribution is 8.00. The molecule has 0 saturated carbocycles. The summed E-state index contributed by atoms with van der Waals surface area (Å²) in [5, 5.41) is 0.334. The maximum absolute atomic E-state index is 13.1. The lowest BCUT2D eigenvalue weighted by Crippen LogP contribution is -2.25. The smallest absolute Gasteiger partial charge is 0.318 e. The van der Waals surface area contributed by atoms with E-state index in [9.17, 15) is 9.59 Å². The summed E-state index contributed by atoms with van der Waals surface area (Å²) in [6, 6.07) is 7.21. The molecule has 1 aliphatic heterocycles. The summed E-state index contributed by atoms with van der Waals surface area (Å²) in [5.74, 6) is 0.352.